The number of hydrogen-bond acceptors (Lipinski definition) is 10. The van der Waals surface area contributed by atoms with E-state index in [-0.39, 0.29) is 40.1 Å². The van der Waals surface area contributed by atoms with Gasteiger partial charge in [0.05, 0.1) is 17.9 Å². The average Bonchev–Trinajstić information content (AvgIpc) is 3.33. The van der Waals surface area contributed by atoms with Crippen molar-refractivity contribution in [3.63, 3.8) is 0 Å². The average molecular weight is 531 g/mol. The van der Waals surface area contributed by atoms with Crippen LogP contribution < -0.4 is 14.8 Å². The highest BCUT2D eigenvalue weighted by Gasteiger charge is 2.20. The topological polar surface area (TPSA) is 148 Å². The van der Waals surface area contributed by atoms with E-state index < -0.39 is 32.7 Å². The van der Waals surface area contributed by atoms with Crippen LogP contribution in [0.25, 0.3) is 6.08 Å². The second-order valence-corrected chi connectivity index (χ2v) is 9.84. The van der Waals surface area contributed by atoms with E-state index >= 15 is 0 Å². The van der Waals surface area contributed by atoms with Crippen LogP contribution in [0.5, 0.6) is 11.5 Å². The highest BCUT2D eigenvalue weighted by molar-refractivity contribution is 7.91. The van der Waals surface area contributed by atoms with E-state index in [1.54, 1.807) is 13.0 Å². The lowest BCUT2D eigenvalue weighted by atomic mass is 10.1. The molecule has 0 radical (unpaired) electrons. The molecule has 2 aromatic carbocycles. The van der Waals surface area contributed by atoms with Gasteiger partial charge in [-0.15, -0.1) is 0 Å². The van der Waals surface area contributed by atoms with Gasteiger partial charge >= 0.3 is 5.97 Å². The number of nitrogens with one attached hydrogen (secondary N) is 1. The maximum atomic E-state index is 13.9. The van der Waals surface area contributed by atoms with Gasteiger partial charge in [0.1, 0.15) is 17.5 Å². The first-order chi connectivity index (χ1) is 17.2. The van der Waals surface area contributed by atoms with Crippen molar-refractivity contribution in [2.24, 2.45) is 0 Å². The molecule has 0 atom stereocenters. The van der Waals surface area contributed by atoms with Crippen LogP contribution in [0.15, 0.2) is 53.2 Å². The summed E-state index contributed by atoms with van der Waals surface area (Å²) < 4.78 is 52.1. The Morgan fingerprint density at radius 2 is 1.94 bits per heavy atom. The van der Waals surface area contributed by atoms with Gasteiger partial charge in [0.25, 0.3) is 11.1 Å². The zero-order valence-corrected chi connectivity index (χ0v) is 20.7. The van der Waals surface area contributed by atoms with Crippen LogP contribution in [-0.4, -0.2) is 42.0 Å². The van der Waals surface area contributed by atoms with Crippen molar-refractivity contribution in [2.45, 2.75) is 19.0 Å². The van der Waals surface area contributed by atoms with Crippen LogP contribution in [-0.2, 0) is 14.6 Å². The van der Waals surface area contributed by atoms with Crippen molar-refractivity contribution in [1.29, 1.82) is 5.26 Å². The first kappa shape index (κ1) is 26.5. The molecule has 0 saturated carbocycles. The van der Waals surface area contributed by atoms with Gasteiger partial charge in [-0.1, -0.05) is 25.1 Å². The Bertz CT molecular complexity index is 1480. The minimum absolute atomic E-state index is 0.0173. The standard InChI is InChI=1S/C23H19FN4O6S2/c1-3-33-19-12-14(9-10-18(19)34-21(30)16-7-5-6-8-17(16)24)11-15(13-25)20(29)26-22-27-23(28-35-22)36(31,32)4-2/h5-12H,3-4H2,1-2H3,(H,26,27,28,29)/b15-11-. The fourth-order valence-corrected chi connectivity index (χ4v) is 4.33. The lowest BCUT2D eigenvalue weighted by molar-refractivity contribution is -0.112. The predicted molar refractivity (Wildman–Crippen MR) is 129 cm³/mol. The van der Waals surface area contributed by atoms with E-state index in [0.717, 1.165) is 6.07 Å². The Kier molecular flexibility index (Phi) is 8.46. The van der Waals surface area contributed by atoms with Crippen LogP contribution in [0.4, 0.5) is 9.52 Å². The molecule has 10 nitrogen and oxygen atoms in total. The molecular formula is C23H19FN4O6S2. The molecule has 1 aromatic heterocycles. The molecule has 186 valence electrons. The van der Waals surface area contributed by atoms with Gasteiger partial charge in [0.2, 0.25) is 15.0 Å². The number of nitrogens with zero attached hydrogens (tertiary/aromatic N) is 3. The SMILES string of the molecule is CCOc1cc(/C=C(/C#N)C(=O)Nc2nc(S(=O)(=O)CC)ns2)ccc1OC(=O)c1ccccc1F. The molecule has 0 aliphatic rings. The third-order valence-electron chi connectivity index (χ3n) is 4.53. The summed E-state index contributed by atoms with van der Waals surface area (Å²) >= 11 is 0.666. The first-order valence-electron chi connectivity index (χ1n) is 10.4. The van der Waals surface area contributed by atoms with E-state index in [1.807, 2.05) is 0 Å². The molecule has 0 spiro atoms. The molecule has 1 N–H and O–H groups in total. The fourth-order valence-electron chi connectivity index (χ4n) is 2.74. The lowest BCUT2D eigenvalue weighted by Crippen LogP contribution is -2.14. The van der Waals surface area contributed by atoms with Crippen LogP contribution in [0, 0.1) is 17.1 Å². The molecule has 0 saturated heterocycles. The summed E-state index contributed by atoms with van der Waals surface area (Å²) in [7, 11) is -3.64. The summed E-state index contributed by atoms with van der Waals surface area (Å²) in [5.74, 6) is -2.54. The first-order valence-corrected chi connectivity index (χ1v) is 12.8. The van der Waals surface area contributed by atoms with Gasteiger partial charge in [-0.3, -0.25) is 10.1 Å². The number of amides is 1. The van der Waals surface area contributed by atoms with E-state index in [1.165, 1.54) is 49.4 Å². The number of anilines is 1. The van der Waals surface area contributed by atoms with E-state index in [2.05, 4.69) is 14.7 Å². The van der Waals surface area contributed by atoms with Crippen molar-refractivity contribution < 1.29 is 31.9 Å². The number of carbonyl (C=O) groups excluding carboxylic acids is 2. The van der Waals surface area contributed by atoms with E-state index in [4.69, 9.17) is 9.47 Å². The fraction of sp³-hybridized carbons (Fsp3) is 0.174. The number of nitriles is 1. The van der Waals surface area contributed by atoms with Gasteiger partial charge < -0.3 is 9.47 Å². The van der Waals surface area contributed by atoms with Crippen molar-refractivity contribution in [3.05, 3.63) is 65.0 Å². The zero-order valence-electron chi connectivity index (χ0n) is 19.0. The van der Waals surface area contributed by atoms with Gasteiger partial charge in [0.15, 0.2) is 11.5 Å². The molecular weight excluding hydrogens is 511 g/mol. The maximum Gasteiger partial charge on any atom is 0.346 e. The van der Waals surface area contributed by atoms with Crippen molar-refractivity contribution in [3.8, 4) is 17.6 Å². The Morgan fingerprint density at radius 3 is 2.61 bits per heavy atom. The van der Waals surface area contributed by atoms with Gasteiger partial charge in [-0.25, -0.2) is 17.6 Å². The van der Waals surface area contributed by atoms with Crippen LogP contribution >= 0.6 is 11.5 Å². The molecule has 0 bridgehead atoms. The third kappa shape index (κ3) is 6.29. The maximum absolute atomic E-state index is 13.9. The number of aromatic nitrogens is 2. The normalized spacial score (nSPS) is 11.4. The number of halogens is 1. The number of hydrogen-bond donors (Lipinski definition) is 1. The van der Waals surface area contributed by atoms with Crippen molar-refractivity contribution in [2.75, 3.05) is 17.7 Å². The Labute approximate surface area is 210 Å². The number of rotatable bonds is 9. The van der Waals surface area contributed by atoms with Crippen LogP contribution in [0.2, 0.25) is 0 Å². The summed E-state index contributed by atoms with van der Waals surface area (Å²) in [5, 5.41) is 11.3. The Hall–Kier alpha value is -4.15. The summed E-state index contributed by atoms with van der Waals surface area (Å²) in [6.45, 7) is 3.35. The quantitative estimate of drug-likeness (QED) is 0.189. The Balaban J connectivity index is 1.82. The molecule has 3 aromatic rings. The smallest absolute Gasteiger partial charge is 0.346 e. The van der Waals surface area contributed by atoms with Crippen LogP contribution in [0.3, 0.4) is 0 Å². The zero-order chi connectivity index (χ0) is 26.3. The summed E-state index contributed by atoms with van der Waals surface area (Å²) in [6.07, 6.45) is 1.26. The highest BCUT2D eigenvalue weighted by atomic mass is 32.2. The van der Waals surface area contributed by atoms with Gasteiger partial charge in [-0.2, -0.15) is 14.6 Å². The second kappa shape index (κ2) is 11.5. The van der Waals surface area contributed by atoms with E-state index in [9.17, 15) is 27.7 Å². The Morgan fingerprint density at radius 1 is 1.19 bits per heavy atom. The van der Waals surface area contributed by atoms with Crippen molar-refractivity contribution in [1.82, 2.24) is 9.36 Å². The summed E-state index contributed by atoms with van der Waals surface area (Å²) in [4.78, 5) is 28.7. The molecule has 36 heavy (non-hydrogen) atoms. The van der Waals surface area contributed by atoms with Crippen molar-refractivity contribution >= 4 is 44.5 Å². The largest absolute Gasteiger partial charge is 0.490 e. The number of benzene rings is 2. The molecule has 3 rings (SSSR count). The second-order valence-electron chi connectivity index (χ2n) is 6.92. The molecule has 1 amide bonds. The predicted octanol–water partition coefficient (Wildman–Crippen LogP) is 3.63. The van der Waals surface area contributed by atoms with Crippen LogP contribution in [0.1, 0.15) is 29.8 Å². The summed E-state index contributed by atoms with van der Waals surface area (Å²) in [5.41, 5.74) is -0.204. The number of sulfone groups is 1. The summed E-state index contributed by atoms with van der Waals surface area (Å²) in [6, 6.07) is 11.4. The third-order valence-corrected chi connectivity index (χ3v) is 6.77. The minimum Gasteiger partial charge on any atom is -0.490 e. The highest BCUT2D eigenvalue weighted by Crippen LogP contribution is 2.30. The molecule has 0 aliphatic carbocycles. The number of esters is 1. The molecule has 13 heteroatoms. The molecule has 0 fully saturated rings. The van der Waals surface area contributed by atoms with Gasteiger partial charge in [0, 0.05) is 11.5 Å². The number of carbonyl (C=O) groups is 2. The molecule has 0 aliphatic heterocycles. The van der Waals surface area contributed by atoms with Gasteiger partial charge in [-0.05, 0) is 42.8 Å². The van der Waals surface area contributed by atoms with E-state index in [0.29, 0.717) is 17.1 Å². The minimum atomic E-state index is -3.64. The lowest BCUT2D eigenvalue weighted by Gasteiger charge is -2.12. The number of ether oxygens (including phenoxy) is 2. The monoisotopic (exact) mass is 530 g/mol. The molecule has 1 heterocycles. The molecule has 0 unspecified atom stereocenters.